The molecule has 1 unspecified atom stereocenters. The SMILES string of the molecule is Cc1nc(C)c(C(=O)N2CCCCC2CCl)o1. The van der Waals surface area contributed by atoms with E-state index in [2.05, 4.69) is 4.98 Å². The normalized spacial score (nSPS) is 20.6. The summed E-state index contributed by atoms with van der Waals surface area (Å²) in [6.07, 6.45) is 3.14. The maximum atomic E-state index is 12.3. The first-order valence-corrected chi connectivity index (χ1v) is 6.48. The summed E-state index contributed by atoms with van der Waals surface area (Å²) in [4.78, 5) is 18.3. The van der Waals surface area contributed by atoms with Gasteiger partial charge in [-0.15, -0.1) is 11.6 Å². The van der Waals surface area contributed by atoms with E-state index in [1.165, 1.54) is 0 Å². The number of amides is 1. The molecule has 2 rings (SSSR count). The van der Waals surface area contributed by atoms with Crippen molar-refractivity contribution in [3.63, 3.8) is 0 Å². The molecule has 1 fully saturated rings. The number of carbonyl (C=O) groups is 1. The van der Waals surface area contributed by atoms with Gasteiger partial charge in [-0.25, -0.2) is 4.98 Å². The molecule has 94 valence electrons. The topological polar surface area (TPSA) is 46.3 Å². The number of alkyl halides is 1. The van der Waals surface area contributed by atoms with Gasteiger partial charge in [0.1, 0.15) is 0 Å². The molecule has 1 atom stereocenters. The summed E-state index contributed by atoms with van der Waals surface area (Å²) >= 11 is 5.91. The van der Waals surface area contributed by atoms with Crippen LogP contribution in [-0.4, -0.2) is 34.3 Å². The Morgan fingerprint density at radius 2 is 2.29 bits per heavy atom. The van der Waals surface area contributed by atoms with E-state index in [0.717, 1.165) is 25.8 Å². The molecule has 4 nitrogen and oxygen atoms in total. The van der Waals surface area contributed by atoms with Crippen molar-refractivity contribution in [3.05, 3.63) is 17.3 Å². The Kier molecular flexibility index (Phi) is 3.72. The fraction of sp³-hybridized carbons (Fsp3) is 0.667. The lowest BCUT2D eigenvalue weighted by Crippen LogP contribution is -2.44. The zero-order valence-corrected chi connectivity index (χ0v) is 11.0. The van der Waals surface area contributed by atoms with Crippen LogP contribution in [0.3, 0.4) is 0 Å². The quantitative estimate of drug-likeness (QED) is 0.764. The zero-order chi connectivity index (χ0) is 12.4. The number of likely N-dealkylation sites (tertiary alicyclic amines) is 1. The standard InChI is InChI=1S/C12H17ClN2O2/c1-8-11(17-9(2)14-8)12(16)15-6-4-3-5-10(15)7-13/h10H,3-7H2,1-2H3. The highest BCUT2D eigenvalue weighted by Crippen LogP contribution is 2.22. The van der Waals surface area contributed by atoms with Crippen molar-refractivity contribution in [1.29, 1.82) is 0 Å². The third-order valence-corrected chi connectivity index (χ3v) is 3.52. The molecule has 17 heavy (non-hydrogen) atoms. The number of nitrogens with zero attached hydrogens (tertiary/aromatic N) is 2. The van der Waals surface area contributed by atoms with Gasteiger partial charge in [-0.05, 0) is 26.2 Å². The highest BCUT2D eigenvalue weighted by atomic mass is 35.5. The van der Waals surface area contributed by atoms with Crippen LogP contribution in [0.2, 0.25) is 0 Å². The highest BCUT2D eigenvalue weighted by Gasteiger charge is 2.30. The monoisotopic (exact) mass is 256 g/mol. The van der Waals surface area contributed by atoms with Crippen molar-refractivity contribution in [2.24, 2.45) is 0 Å². The average Bonchev–Trinajstić information content (AvgIpc) is 2.67. The lowest BCUT2D eigenvalue weighted by atomic mass is 10.0. The second-order valence-corrected chi connectivity index (χ2v) is 4.76. The molecular formula is C12H17ClN2O2. The van der Waals surface area contributed by atoms with Crippen molar-refractivity contribution >= 4 is 17.5 Å². The maximum Gasteiger partial charge on any atom is 0.291 e. The van der Waals surface area contributed by atoms with E-state index >= 15 is 0 Å². The van der Waals surface area contributed by atoms with Crippen LogP contribution in [0.5, 0.6) is 0 Å². The second-order valence-electron chi connectivity index (χ2n) is 4.45. The summed E-state index contributed by atoms with van der Waals surface area (Å²) in [6.45, 7) is 4.30. The van der Waals surface area contributed by atoms with Crippen molar-refractivity contribution in [2.75, 3.05) is 12.4 Å². The van der Waals surface area contributed by atoms with E-state index in [1.807, 2.05) is 4.90 Å². The summed E-state index contributed by atoms with van der Waals surface area (Å²) < 4.78 is 5.38. The van der Waals surface area contributed by atoms with Crippen molar-refractivity contribution in [2.45, 2.75) is 39.2 Å². The third kappa shape index (κ3) is 2.46. The van der Waals surface area contributed by atoms with Gasteiger partial charge in [-0.3, -0.25) is 4.79 Å². The minimum Gasteiger partial charge on any atom is -0.436 e. The van der Waals surface area contributed by atoms with E-state index in [-0.39, 0.29) is 11.9 Å². The van der Waals surface area contributed by atoms with Gasteiger partial charge in [-0.2, -0.15) is 0 Å². The highest BCUT2D eigenvalue weighted by molar-refractivity contribution is 6.18. The zero-order valence-electron chi connectivity index (χ0n) is 10.2. The average molecular weight is 257 g/mol. The van der Waals surface area contributed by atoms with Gasteiger partial charge in [0.25, 0.3) is 5.91 Å². The Hall–Kier alpha value is -1.03. The molecule has 0 aromatic carbocycles. The molecule has 1 aliphatic rings. The number of aryl methyl sites for hydroxylation is 2. The van der Waals surface area contributed by atoms with Crippen molar-refractivity contribution in [3.8, 4) is 0 Å². The van der Waals surface area contributed by atoms with Crippen LogP contribution >= 0.6 is 11.6 Å². The smallest absolute Gasteiger partial charge is 0.291 e. The molecule has 5 heteroatoms. The van der Waals surface area contributed by atoms with Crippen LogP contribution in [0.25, 0.3) is 0 Å². The molecule has 1 aromatic heterocycles. The summed E-state index contributed by atoms with van der Waals surface area (Å²) in [5.74, 6) is 1.30. The largest absolute Gasteiger partial charge is 0.436 e. The summed E-state index contributed by atoms with van der Waals surface area (Å²) in [7, 11) is 0. The number of hydrogen-bond acceptors (Lipinski definition) is 3. The molecule has 0 radical (unpaired) electrons. The van der Waals surface area contributed by atoms with Gasteiger partial charge >= 0.3 is 0 Å². The van der Waals surface area contributed by atoms with E-state index in [0.29, 0.717) is 23.2 Å². The third-order valence-electron chi connectivity index (χ3n) is 3.16. The Bertz CT molecular complexity index is 417. The van der Waals surface area contributed by atoms with E-state index in [1.54, 1.807) is 13.8 Å². The molecule has 1 saturated heterocycles. The number of halogens is 1. The van der Waals surface area contributed by atoms with Gasteiger partial charge in [0.15, 0.2) is 5.89 Å². The number of rotatable bonds is 2. The van der Waals surface area contributed by atoms with Crippen molar-refractivity contribution < 1.29 is 9.21 Å². The summed E-state index contributed by atoms with van der Waals surface area (Å²) in [5.41, 5.74) is 0.659. The molecule has 0 bridgehead atoms. The van der Waals surface area contributed by atoms with Gasteiger partial charge in [0, 0.05) is 25.4 Å². The number of aromatic nitrogens is 1. The predicted molar refractivity (Wildman–Crippen MR) is 65.4 cm³/mol. The molecule has 2 heterocycles. The van der Waals surface area contributed by atoms with E-state index in [9.17, 15) is 4.79 Å². The minimum absolute atomic E-state index is 0.0755. The molecule has 0 spiro atoms. The fourth-order valence-corrected chi connectivity index (χ4v) is 2.61. The first-order chi connectivity index (χ1) is 8.13. The molecule has 1 aliphatic heterocycles. The van der Waals surface area contributed by atoms with Gasteiger partial charge in [0.2, 0.25) is 5.76 Å². The first-order valence-electron chi connectivity index (χ1n) is 5.94. The maximum absolute atomic E-state index is 12.3. The van der Waals surface area contributed by atoms with Crippen LogP contribution in [0.1, 0.15) is 41.4 Å². The van der Waals surface area contributed by atoms with Crippen LogP contribution in [0.15, 0.2) is 4.42 Å². The molecule has 0 aliphatic carbocycles. The molecule has 0 saturated carbocycles. The van der Waals surface area contributed by atoms with E-state index < -0.39 is 0 Å². The van der Waals surface area contributed by atoms with Crippen LogP contribution in [0, 0.1) is 13.8 Å². The Balaban J connectivity index is 2.21. The van der Waals surface area contributed by atoms with Gasteiger partial charge in [0.05, 0.1) is 5.69 Å². The van der Waals surface area contributed by atoms with Gasteiger partial charge in [-0.1, -0.05) is 0 Å². The predicted octanol–water partition coefficient (Wildman–Crippen LogP) is 2.52. The van der Waals surface area contributed by atoms with Crippen molar-refractivity contribution in [1.82, 2.24) is 9.88 Å². The van der Waals surface area contributed by atoms with Gasteiger partial charge < -0.3 is 9.32 Å². The second kappa shape index (κ2) is 5.08. The molecule has 0 N–H and O–H groups in total. The fourth-order valence-electron chi connectivity index (χ4n) is 2.29. The number of piperidine rings is 1. The molecular weight excluding hydrogens is 240 g/mol. The number of oxazole rings is 1. The van der Waals surface area contributed by atoms with Crippen LogP contribution < -0.4 is 0 Å². The summed E-state index contributed by atoms with van der Waals surface area (Å²) in [5, 5.41) is 0. The molecule has 1 amide bonds. The first kappa shape index (κ1) is 12.4. The van der Waals surface area contributed by atoms with Crippen LogP contribution in [-0.2, 0) is 0 Å². The Morgan fingerprint density at radius 3 is 2.88 bits per heavy atom. The Labute approximate surface area is 106 Å². The minimum atomic E-state index is -0.0755. The number of hydrogen-bond donors (Lipinski definition) is 0. The Morgan fingerprint density at radius 1 is 1.53 bits per heavy atom. The van der Waals surface area contributed by atoms with Crippen LogP contribution in [0.4, 0.5) is 0 Å². The number of carbonyl (C=O) groups excluding carboxylic acids is 1. The molecule has 1 aromatic rings. The summed E-state index contributed by atoms with van der Waals surface area (Å²) in [6, 6.07) is 0.128. The lowest BCUT2D eigenvalue weighted by molar-refractivity contribution is 0.0604. The lowest BCUT2D eigenvalue weighted by Gasteiger charge is -2.33. The van der Waals surface area contributed by atoms with E-state index in [4.69, 9.17) is 16.0 Å².